The van der Waals surface area contributed by atoms with Crippen molar-refractivity contribution in [1.82, 2.24) is 5.32 Å². The molecule has 2 saturated heterocycles. The summed E-state index contributed by atoms with van der Waals surface area (Å²) >= 11 is 4.30. The molecular formula is C11H21NS2. The lowest BCUT2D eigenvalue weighted by molar-refractivity contribution is 0.471. The van der Waals surface area contributed by atoms with Gasteiger partial charge in [0.1, 0.15) is 0 Å². The van der Waals surface area contributed by atoms with Gasteiger partial charge in [0.05, 0.1) is 0 Å². The second-order valence-corrected chi connectivity index (χ2v) is 6.92. The van der Waals surface area contributed by atoms with Crippen LogP contribution in [0.25, 0.3) is 0 Å². The highest BCUT2D eigenvalue weighted by Crippen LogP contribution is 2.25. The molecule has 1 unspecified atom stereocenters. The van der Waals surface area contributed by atoms with E-state index in [1.165, 1.54) is 55.9 Å². The van der Waals surface area contributed by atoms with Crippen LogP contribution in [0.3, 0.4) is 0 Å². The maximum absolute atomic E-state index is 3.76. The van der Waals surface area contributed by atoms with Gasteiger partial charge in [-0.25, -0.2) is 0 Å². The third-order valence-electron chi connectivity index (χ3n) is 3.13. The summed E-state index contributed by atoms with van der Waals surface area (Å²) in [5, 5.41) is 4.67. The number of hydrogen-bond acceptors (Lipinski definition) is 3. The molecule has 0 bridgehead atoms. The molecule has 0 amide bonds. The Morgan fingerprint density at radius 2 is 1.86 bits per heavy atom. The molecule has 2 aliphatic rings. The summed E-state index contributed by atoms with van der Waals surface area (Å²) in [6, 6.07) is 0.832. The fourth-order valence-electron chi connectivity index (χ4n) is 2.17. The molecule has 0 aromatic carbocycles. The van der Waals surface area contributed by atoms with Gasteiger partial charge < -0.3 is 5.32 Å². The van der Waals surface area contributed by atoms with Crippen molar-refractivity contribution in [2.75, 3.05) is 23.8 Å². The first-order chi connectivity index (χ1) is 6.95. The molecule has 0 saturated carbocycles. The van der Waals surface area contributed by atoms with Crippen LogP contribution in [-0.2, 0) is 0 Å². The number of hydrogen-bond donors (Lipinski definition) is 1. The highest BCUT2D eigenvalue weighted by molar-refractivity contribution is 8.00. The molecular weight excluding hydrogens is 210 g/mol. The molecule has 1 nitrogen and oxygen atoms in total. The van der Waals surface area contributed by atoms with Crippen molar-refractivity contribution in [2.45, 2.75) is 43.4 Å². The predicted molar refractivity (Wildman–Crippen MR) is 68.4 cm³/mol. The van der Waals surface area contributed by atoms with E-state index in [2.05, 4.69) is 28.8 Å². The largest absolute Gasteiger partial charge is 0.313 e. The zero-order chi connectivity index (χ0) is 9.64. The zero-order valence-corrected chi connectivity index (χ0v) is 10.5. The Morgan fingerprint density at radius 3 is 2.57 bits per heavy atom. The van der Waals surface area contributed by atoms with E-state index in [9.17, 15) is 0 Å². The van der Waals surface area contributed by atoms with Crippen LogP contribution < -0.4 is 5.32 Å². The third-order valence-corrected chi connectivity index (χ3v) is 5.58. The van der Waals surface area contributed by atoms with E-state index in [4.69, 9.17) is 0 Å². The lowest BCUT2D eigenvalue weighted by Gasteiger charge is -2.27. The topological polar surface area (TPSA) is 12.0 Å². The van der Waals surface area contributed by atoms with E-state index in [1.54, 1.807) is 0 Å². The summed E-state index contributed by atoms with van der Waals surface area (Å²) in [5.74, 6) is 4.14. The Bertz CT molecular complexity index is 133. The van der Waals surface area contributed by atoms with Crippen molar-refractivity contribution >= 4 is 23.5 Å². The van der Waals surface area contributed by atoms with Crippen LogP contribution in [0.1, 0.15) is 32.1 Å². The summed E-state index contributed by atoms with van der Waals surface area (Å²) in [7, 11) is 0. The van der Waals surface area contributed by atoms with Gasteiger partial charge in [-0.1, -0.05) is 6.42 Å². The van der Waals surface area contributed by atoms with E-state index in [-0.39, 0.29) is 0 Å². The van der Waals surface area contributed by atoms with Gasteiger partial charge in [0.15, 0.2) is 0 Å². The second-order valence-electron chi connectivity index (χ2n) is 4.28. The molecule has 0 aliphatic carbocycles. The van der Waals surface area contributed by atoms with Gasteiger partial charge in [-0.05, 0) is 42.9 Å². The Kier molecular flexibility index (Phi) is 5.01. The maximum Gasteiger partial charge on any atom is 0.0172 e. The summed E-state index contributed by atoms with van der Waals surface area (Å²) in [5.41, 5.74) is 0. The van der Waals surface area contributed by atoms with Crippen LogP contribution in [0, 0.1) is 0 Å². The van der Waals surface area contributed by atoms with Gasteiger partial charge in [0, 0.05) is 17.8 Å². The highest BCUT2D eigenvalue weighted by atomic mass is 32.2. The fourth-order valence-corrected chi connectivity index (χ4v) is 4.53. The lowest BCUT2D eigenvalue weighted by Crippen LogP contribution is -2.37. The van der Waals surface area contributed by atoms with Crippen molar-refractivity contribution in [3.05, 3.63) is 0 Å². The van der Waals surface area contributed by atoms with Crippen LogP contribution in [0.4, 0.5) is 0 Å². The number of nitrogens with one attached hydrogen (secondary N) is 1. The van der Waals surface area contributed by atoms with E-state index in [1.807, 2.05) is 0 Å². The van der Waals surface area contributed by atoms with Gasteiger partial charge >= 0.3 is 0 Å². The van der Waals surface area contributed by atoms with E-state index >= 15 is 0 Å². The van der Waals surface area contributed by atoms with Crippen LogP contribution in [-0.4, -0.2) is 35.1 Å². The van der Waals surface area contributed by atoms with Crippen LogP contribution >= 0.6 is 23.5 Å². The summed E-state index contributed by atoms with van der Waals surface area (Å²) in [6.07, 6.45) is 7.13. The van der Waals surface area contributed by atoms with Gasteiger partial charge in [-0.15, -0.1) is 0 Å². The van der Waals surface area contributed by atoms with Crippen LogP contribution in [0.5, 0.6) is 0 Å². The molecule has 1 N–H and O–H groups in total. The Labute approximate surface area is 96.2 Å². The molecule has 3 heteroatoms. The van der Waals surface area contributed by atoms with Crippen molar-refractivity contribution < 1.29 is 0 Å². The fraction of sp³-hybridized carbons (Fsp3) is 1.00. The summed E-state index contributed by atoms with van der Waals surface area (Å²) in [4.78, 5) is 0. The smallest absolute Gasteiger partial charge is 0.0172 e. The van der Waals surface area contributed by atoms with Gasteiger partial charge in [-0.2, -0.15) is 23.5 Å². The molecule has 2 fully saturated rings. The van der Waals surface area contributed by atoms with Crippen LogP contribution in [0.15, 0.2) is 0 Å². The average molecular weight is 231 g/mol. The minimum absolute atomic E-state index is 0.832. The van der Waals surface area contributed by atoms with Crippen molar-refractivity contribution in [3.8, 4) is 0 Å². The van der Waals surface area contributed by atoms with Gasteiger partial charge in [-0.3, -0.25) is 0 Å². The average Bonchev–Trinajstić information content (AvgIpc) is 2.29. The molecule has 2 rings (SSSR count). The molecule has 14 heavy (non-hydrogen) atoms. The molecule has 0 aromatic heterocycles. The first-order valence-electron chi connectivity index (χ1n) is 5.88. The molecule has 82 valence electrons. The molecule has 1 atom stereocenters. The first-order valence-corrected chi connectivity index (χ1v) is 8.08. The predicted octanol–water partition coefficient (Wildman–Crippen LogP) is 2.76. The number of thioether (sulfide) groups is 2. The Morgan fingerprint density at radius 1 is 1.00 bits per heavy atom. The molecule has 0 aromatic rings. The summed E-state index contributed by atoms with van der Waals surface area (Å²) in [6.45, 7) is 1.26. The van der Waals surface area contributed by atoms with Gasteiger partial charge in [0.25, 0.3) is 0 Å². The van der Waals surface area contributed by atoms with Crippen LogP contribution in [0.2, 0.25) is 0 Å². The highest BCUT2D eigenvalue weighted by Gasteiger charge is 2.17. The van der Waals surface area contributed by atoms with E-state index in [0.29, 0.717) is 0 Å². The quantitative estimate of drug-likeness (QED) is 0.802. The van der Waals surface area contributed by atoms with Crippen molar-refractivity contribution in [3.63, 3.8) is 0 Å². The lowest BCUT2D eigenvalue weighted by atomic mass is 10.1. The maximum atomic E-state index is 3.76. The Hall–Kier alpha value is 0.660. The second kappa shape index (κ2) is 6.29. The normalized spacial score (nSPS) is 30.4. The summed E-state index contributed by atoms with van der Waals surface area (Å²) < 4.78 is 0. The SMILES string of the molecule is C1CCC(CNC2CCSCC2)SC1. The van der Waals surface area contributed by atoms with E-state index < -0.39 is 0 Å². The van der Waals surface area contributed by atoms with Gasteiger partial charge in [0.2, 0.25) is 0 Å². The first kappa shape index (κ1) is 11.2. The minimum atomic E-state index is 0.832. The zero-order valence-electron chi connectivity index (χ0n) is 8.84. The molecule has 2 aliphatic heterocycles. The number of rotatable bonds is 3. The molecule has 0 radical (unpaired) electrons. The third kappa shape index (κ3) is 3.67. The Balaban J connectivity index is 1.60. The minimum Gasteiger partial charge on any atom is -0.313 e. The van der Waals surface area contributed by atoms with E-state index in [0.717, 1.165) is 11.3 Å². The van der Waals surface area contributed by atoms with Crippen molar-refractivity contribution in [2.24, 2.45) is 0 Å². The molecule has 0 spiro atoms. The standard InChI is InChI=1S/C11H21NS2/c1-2-6-14-11(3-1)9-12-10-4-7-13-8-5-10/h10-12H,1-9H2. The monoisotopic (exact) mass is 231 g/mol. The molecule has 2 heterocycles. The van der Waals surface area contributed by atoms with Crippen molar-refractivity contribution in [1.29, 1.82) is 0 Å².